The van der Waals surface area contributed by atoms with E-state index in [1.807, 2.05) is 0 Å². The van der Waals surface area contributed by atoms with E-state index in [2.05, 4.69) is 4.98 Å². The number of aryl methyl sites for hydroxylation is 1. The fourth-order valence-electron chi connectivity index (χ4n) is 3.28. The van der Waals surface area contributed by atoms with Crippen LogP contribution in [0, 0.1) is 0 Å². The third-order valence-electron chi connectivity index (χ3n) is 4.85. The van der Waals surface area contributed by atoms with Crippen molar-refractivity contribution in [2.75, 3.05) is 6.26 Å². The summed E-state index contributed by atoms with van der Waals surface area (Å²) in [6.07, 6.45) is 4.59. The van der Waals surface area contributed by atoms with Gasteiger partial charge >= 0.3 is 5.97 Å². The molecule has 0 fully saturated rings. The van der Waals surface area contributed by atoms with Crippen molar-refractivity contribution in [1.29, 1.82) is 0 Å². The van der Waals surface area contributed by atoms with Gasteiger partial charge in [-0.25, -0.2) is 21.6 Å². The average molecular weight is 460 g/mol. The Morgan fingerprint density at radius 2 is 1.74 bits per heavy atom. The van der Waals surface area contributed by atoms with E-state index in [9.17, 15) is 26.7 Å². The Labute approximate surface area is 181 Å². The molecule has 3 aromatic rings. The summed E-state index contributed by atoms with van der Waals surface area (Å²) >= 11 is 0. The summed E-state index contributed by atoms with van der Waals surface area (Å²) in [6, 6.07) is 11.8. The van der Waals surface area contributed by atoms with Gasteiger partial charge in [-0.3, -0.25) is 4.98 Å². The largest absolute Gasteiger partial charge is 0.478 e. The zero-order valence-corrected chi connectivity index (χ0v) is 18.6. The van der Waals surface area contributed by atoms with Gasteiger partial charge in [-0.05, 0) is 53.4 Å². The number of carboxylic acids is 1. The number of rotatable bonds is 7. The number of aromatic nitrogens is 1. The molecule has 9 heteroatoms. The summed E-state index contributed by atoms with van der Waals surface area (Å²) in [4.78, 5) is 15.3. The molecule has 31 heavy (non-hydrogen) atoms. The van der Waals surface area contributed by atoms with Crippen molar-refractivity contribution < 1.29 is 26.7 Å². The van der Waals surface area contributed by atoms with E-state index in [-0.39, 0.29) is 15.4 Å². The molecule has 3 rings (SSSR count). The van der Waals surface area contributed by atoms with E-state index >= 15 is 0 Å². The molecular formula is C22H21NO6S2. The van der Waals surface area contributed by atoms with Crippen LogP contribution in [0.4, 0.5) is 0 Å². The lowest BCUT2D eigenvalue weighted by Gasteiger charge is -2.14. The maximum absolute atomic E-state index is 13.3. The lowest BCUT2D eigenvalue weighted by Crippen LogP contribution is -2.11. The van der Waals surface area contributed by atoms with Gasteiger partial charge in [-0.15, -0.1) is 0 Å². The Kier molecular flexibility index (Phi) is 6.28. The molecule has 7 nitrogen and oxygen atoms in total. The highest BCUT2D eigenvalue weighted by molar-refractivity contribution is 7.91. The van der Waals surface area contributed by atoms with Crippen LogP contribution in [0.25, 0.3) is 11.1 Å². The fraction of sp³-hybridized carbons (Fsp3) is 0.182. The summed E-state index contributed by atoms with van der Waals surface area (Å²) < 4.78 is 50.8. The Morgan fingerprint density at radius 1 is 1.00 bits per heavy atom. The normalized spacial score (nSPS) is 11.9. The smallest absolute Gasteiger partial charge is 0.335 e. The Bertz CT molecular complexity index is 1350. The SMILES string of the molecule is CCc1ccc(C(=O)O)cc1S(=O)(=O)Cc1cc(S(C)(=O)=O)ccc1-c1cccnc1. The standard InChI is InChI=1S/C22H21NO6S2/c1-3-15-6-7-16(22(24)25)12-21(15)31(28,29)14-18-11-19(30(2,26)27)8-9-20(18)17-5-4-10-23-13-17/h4-13H,3,14H2,1-2H3,(H,24,25). The van der Waals surface area contributed by atoms with Gasteiger partial charge in [0.25, 0.3) is 0 Å². The second kappa shape index (κ2) is 8.60. The summed E-state index contributed by atoms with van der Waals surface area (Å²) in [5, 5.41) is 9.28. The number of hydrogen-bond donors (Lipinski definition) is 1. The fourth-order valence-corrected chi connectivity index (χ4v) is 5.67. The molecule has 162 valence electrons. The van der Waals surface area contributed by atoms with Gasteiger partial charge in [-0.1, -0.05) is 25.1 Å². The molecule has 0 saturated carbocycles. The number of carboxylic acid groups (broad SMARTS) is 1. The van der Waals surface area contributed by atoms with Crippen LogP contribution in [0.1, 0.15) is 28.4 Å². The molecule has 1 aromatic heterocycles. The highest BCUT2D eigenvalue weighted by Gasteiger charge is 2.23. The van der Waals surface area contributed by atoms with E-state index in [0.717, 1.165) is 12.3 Å². The summed E-state index contributed by atoms with van der Waals surface area (Å²) in [7, 11) is -7.55. The molecule has 2 aromatic carbocycles. The van der Waals surface area contributed by atoms with Gasteiger partial charge in [0.2, 0.25) is 0 Å². The molecule has 0 unspecified atom stereocenters. The van der Waals surface area contributed by atoms with Crippen molar-refractivity contribution in [2.45, 2.75) is 28.9 Å². The van der Waals surface area contributed by atoms with Crippen molar-refractivity contribution in [1.82, 2.24) is 4.98 Å². The average Bonchev–Trinajstić information content (AvgIpc) is 2.73. The third kappa shape index (κ3) is 5.00. The number of aromatic carboxylic acids is 1. The van der Waals surface area contributed by atoms with Crippen LogP contribution in [-0.4, -0.2) is 39.2 Å². The first kappa shape index (κ1) is 22.6. The summed E-state index contributed by atoms with van der Waals surface area (Å²) in [5.41, 5.74) is 1.83. The highest BCUT2D eigenvalue weighted by Crippen LogP contribution is 2.30. The van der Waals surface area contributed by atoms with Gasteiger partial charge in [0, 0.05) is 24.2 Å². The maximum atomic E-state index is 13.3. The Morgan fingerprint density at radius 3 is 2.32 bits per heavy atom. The van der Waals surface area contributed by atoms with Gasteiger partial charge in [0.15, 0.2) is 19.7 Å². The van der Waals surface area contributed by atoms with Crippen LogP contribution in [0.15, 0.2) is 70.7 Å². The molecule has 0 atom stereocenters. The molecule has 0 amide bonds. The number of sulfone groups is 2. The van der Waals surface area contributed by atoms with Crippen LogP contribution in [0.2, 0.25) is 0 Å². The lowest BCUT2D eigenvalue weighted by molar-refractivity contribution is 0.0696. The van der Waals surface area contributed by atoms with Crippen molar-refractivity contribution in [2.24, 2.45) is 0 Å². The molecule has 1 N–H and O–H groups in total. The first-order valence-electron chi connectivity index (χ1n) is 9.35. The second-order valence-corrected chi connectivity index (χ2v) is 11.0. The van der Waals surface area contributed by atoms with Crippen LogP contribution in [-0.2, 0) is 31.8 Å². The van der Waals surface area contributed by atoms with E-state index in [0.29, 0.717) is 28.7 Å². The van der Waals surface area contributed by atoms with Gasteiger partial charge < -0.3 is 5.11 Å². The first-order chi connectivity index (χ1) is 14.5. The molecule has 1 heterocycles. The molecule has 0 bridgehead atoms. The van der Waals surface area contributed by atoms with Crippen molar-refractivity contribution in [3.05, 3.63) is 77.6 Å². The molecule has 0 aliphatic carbocycles. The monoisotopic (exact) mass is 459 g/mol. The zero-order chi connectivity index (χ0) is 22.8. The minimum Gasteiger partial charge on any atom is -0.478 e. The van der Waals surface area contributed by atoms with E-state index in [4.69, 9.17) is 0 Å². The predicted molar refractivity (Wildman–Crippen MR) is 116 cm³/mol. The minimum absolute atomic E-state index is 0.000317. The Balaban J connectivity index is 2.19. The van der Waals surface area contributed by atoms with Crippen molar-refractivity contribution >= 4 is 25.6 Å². The molecule has 0 radical (unpaired) electrons. The van der Waals surface area contributed by atoms with Crippen molar-refractivity contribution in [3.63, 3.8) is 0 Å². The minimum atomic E-state index is -3.98. The van der Waals surface area contributed by atoms with Crippen molar-refractivity contribution in [3.8, 4) is 11.1 Å². The van der Waals surface area contributed by atoms with Crippen LogP contribution in [0.3, 0.4) is 0 Å². The highest BCUT2D eigenvalue weighted by atomic mass is 32.2. The zero-order valence-electron chi connectivity index (χ0n) is 16.9. The first-order valence-corrected chi connectivity index (χ1v) is 12.9. The third-order valence-corrected chi connectivity index (χ3v) is 7.70. The van der Waals surface area contributed by atoms with E-state index in [1.54, 1.807) is 37.5 Å². The van der Waals surface area contributed by atoms with Gasteiger partial charge in [-0.2, -0.15) is 0 Å². The second-order valence-electron chi connectivity index (χ2n) is 7.07. The van der Waals surface area contributed by atoms with Gasteiger partial charge in [0.05, 0.1) is 21.1 Å². The van der Waals surface area contributed by atoms with Gasteiger partial charge in [0.1, 0.15) is 0 Å². The maximum Gasteiger partial charge on any atom is 0.335 e. The quantitative estimate of drug-likeness (QED) is 0.575. The molecule has 0 aliphatic rings. The number of benzene rings is 2. The van der Waals surface area contributed by atoms with E-state index < -0.39 is 31.4 Å². The lowest BCUT2D eigenvalue weighted by atomic mass is 10.0. The molecule has 0 aliphatic heterocycles. The van der Waals surface area contributed by atoms with Crippen LogP contribution >= 0.6 is 0 Å². The summed E-state index contributed by atoms with van der Waals surface area (Å²) in [6.45, 7) is 1.78. The van der Waals surface area contributed by atoms with E-state index in [1.165, 1.54) is 24.3 Å². The predicted octanol–water partition coefficient (Wildman–Crippen LogP) is 3.39. The molecule has 0 spiro atoms. The molecule has 0 saturated heterocycles. The molecular weight excluding hydrogens is 438 g/mol. The van der Waals surface area contributed by atoms with Crippen LogP contribution in [0.5, 0.6) is 0 Å². The van der Waals surface area contributed by atoms with Crippen LogP contribution < -0.4 is 0 Å². The Hall–Kier alpha value is -3.04. The number of carbonyl (C=O) groups is 1. The number of pyridine rings is 1. The number of hydrogen-bond acceptors (Lipinski definition) is 6. The number of nitrogens with zero attached hydrogens (tertiary/aromatic N) is 1. The summed E-state index contributed by atoms with van der Waals surface area (Å²) in [5.74, 6) is -1.72. The topological polar surface area (TPSA) is 118 Å².